The molecule has 1 aliphatic rings. The van der Waals surface area contributed by atoms with Gasteiger partial charge >= 0.3 is 6.09 Å². The molecule has 5 heteroatoms. The van der Waals surface area contributed by atoms with Crippen LogP contribution in [0.4, 0.5) is 4.79 Å². The summed E-state index contributed by atoms with van der Waals surface area (Å²) in [6.07, 6.45) is 0.184. The minimum atomic E-state index is -0.531. The lowest BCUT2D eigenvalue weighted by atomic mass is 10.0. The summed E-state index contributed by atoms with van der Waals surface area (Å²) in [6, 6.07) is 4.67. The normalized spacial score (nSPS) is 18.2. The molecule has 1 atom stereocenters. The predicted molar refractivity (Wildman–Crippen MR) is 70.3 cm³/mol. The molecule has 0 saturated carbocycles. The molecule has 0 aliphatic carbocycles. The van der Waals surface area contributed by atoms with E-state index in [0.717, 1.165) is 5.56 Å². The first-order valence-electron chi connectivity index (χ1n) is 6.30. The van der Waals surface area contributed by atoms with Gasteiger partial charge in [-0.2, -0.15) is 0 Å². The van der Waals surface area contributed by atoms with Gasteiger partial charge in [0.05, 0.1) is 12.6 Å². The smallest absolute Gasteiger partial charge is 0.408 e. The van der Waals surface area contributed by atoms with E-state index in [4.69, 9.17) is 9.47 Å². The number of fused-ring (bicyclic) bond motifs is 1. The number of rotatable bonds is 1. The monoisotopic (exact) mass is 265 g/mol. The third kappa shape index (κ3) is 3.53. The second-order valence-electron chi connectivity index (χ2n) is 5.56. The van der Waals surface area contributed by atoms with Gasteiger partial charge in [0.15, 0.2) is 0 Å². The maximum Gasteiger partial charge on any atom is 0.408 e. The average Bonchev–Trinajstić information content (AvgIpc) is 2.27. The predicted octanol–water partition coefficient (Wildman–Crippen LogP) is 2.74. The highest BCUT2D eigenvalue weighted by Crippen LogP contribution is 2.34. The van der Waals surface area contributed by atoms with Gasteiger partial charge < -0.3 is 19.9 Å². The van der Waals surface area contributed by atoms with Crippen LogP contribution in [0.5, 0.6) is 11.5 Å². The van der Waals surface area contributed by atoms with Gasteiger partial charge in [0.2, 0.25) is 0 Å². The minimum Gasteiger partial charge on any atom is -0.508 e. The number of carbonyl (C=O) groups is 1. The van der Waals surface area contributed by atoms with Crippen LogP contribution in [0.25, 0.3) is 0 Å². The highest BCUT2D eigenvalue weighted by molar-refractivity contribution is 5.68. The van der Waals surface area contributed by atoms with E-state index < -0.39 is 11.7 Å². The van der Waals surface area contributed by atoms with Crippen molar-refractivity contribution in [2.75, 3.05) is 6.61 Å². The van der Waals surface area contributed by atoms with Gasteiger partial charge in [-0.25, -0.2) is 4.79 Å². The highest BCUT2D eigenvalue weighted by Gasteiger charge is 2.25. The van der Waals surface area contributed by atoms with E-state index in [-0.39, 0.29) is 11.8 Å². The van der Waals surface area contributed by atoms with Crippen LogP contribution in [-0.2, 0) is 4.74 Å². The van der Waals surface area contributed by atoms with Crippen LogP contribution in [0.3, 0.4) is 0 Å². The van der Waals surface area contributed by atoms with Crippen LogP contribution >= 0.6 is 0 Å². The Kier molecular flexibility index (Phi) is 3.55. The summed E-state index contributed by atoms with van der Waals surface area (Å²) >= 11 is 0. The van der Waals surface area contributed by atoms with Crippen molar-refractivity contribution < 1.29 is 19.4 Å². The zero-order valence-corrected chi connectivity index (χ0v) is 11.4. The molecule has 104 valence electrons. The quantitative estimate of drug-likeness (QED) is 0.819. The third-order valence-corrected chi connectivity index (χ3v) is 2.72. The van der Waals surface area contributed by atoms with Crippen LogP contribution in [0, 0.1) is 0 Å². The molecule has 0 bridgehead atoms. The number of hydrogen-bond donors (Lipinski definition) is 2. The first-order valence-corrected chi connectivity index (χ1v) is 6.30. The SMILES string of the molecule is CC(C)(C)OC(=O)N[C@H]1CCOc2ccc(O)cc21. The Hall–Kier alpha value is -1.91. The van der Waals surface area contributed by atoms with Crippen molar-refractivity contribution in [3.63, 3.8) is 0 Å². The van der Waals surface area contributed by atoms with Crippen molar-refractivity contribution in [3.8, 4) is 11.5 Å². The lowest BCUT2D eigenvalue weighted by molar-refractivity contribution is 0.0491. The fourth-order valence-corrected chi connectivity index (χ4v) is 1.98. The first kappa shape index (κ1) is 13.5. The summed E-state index contributed by atoms with van der Waals surface area (Å²) in [4.78, 5) is 11.8. The number of nitrogens with one attached hydrogen (secondary N) is 1. The maximum absolute atomic E-state index is 11.8. The zero-order chi connectivity index (χ0) is 14.0. The number of alkyl carbamates (subject to hydrolysis) is 1. The van der Waals surface area contributed by atoms with Crippen molar-refractivity contribution in [3.05, 3.63) is 23.8 Å². The number of hydrogen-bond acceptors (Lipinski definition) is 4. The number of phenols is 1. The molecule has 1 aromatic rings. The lowest BCUT2D eigenvalue weighted by Gasteiger charge is -2.28. The summed E-state index contributed by atoms with van der Waals surface area (Å²) in [6.45, 7) is 5.97. The van der Waals surface area contributed by atoms with E-state index in [9.17, 15) is 9.90 Å². The maximum atomic E-state index is 11.8. The highest BCUT2D eigenvalue weighted by atomic mass is 16.6. The molecular weight excluding hydrogens is 246 g/mol. The zero-order valence-electron chi connectivity index (χ0n) is 11.4. The lowest BCUT2D eigenvalue weighted by Crippen LogP contribution is -2.36. The molecule has 2 N–H and O–H groups in total. The molecule has 0 spiro atoms. The Labute approximate surface area is 112 Å². The van der Waals surface area contributed by atoms with Crippen molar-refractivity contribution in [1.29, 1.82) is 0 Å². The summed E-state index contributed by atoms with van der Waals surface area (Å²) < 4.78 is 10.7. The molecule has 0 unspecified atom stereocenters. The van der Waals surface area contributed by atoms with Gasteiger partial charge in [0.1, 0.15) is 17.1 Å². The molecule has 0 aromatic heterocycles. The Bertz CT molecular complexity index is 479. The summed E-state index contributed by atoms with van der Waals surface area (Å²) in [7, 11) is 0. The van der Waals surface area contributed by atoms with Crippen LogP contribution in [0.2, 0.25) is 0 Å². The Balaban J connectivity index is 2.11. The van der Waals surface area contributed by atoms with Crippen molar-refractivity contribution in [2.24, 2.45) is 0 Å². The summed E-state index contributed by atoms with van der Waals surface area (Å²) in [5.41, 5.74) is 0.244. The molecule has 19 heavy (non-hydrogen) atoms. The van der Waals surface area contributed by atoms with Crippen molar-refractivity contribution in [1.82, 2.24) is 5.32 Å². The molecule has 0 fully saturated rings. The van der Waals surface area contributed by atoms with Crippen molar-refractivity contribution in [2.45, 2.75) is 38.8 Å². The van der Waals surface area contributed by atoms with Gasteiger partial charge in [-0.05, 0) is 39.0 Å². The minimum absolute atomic E-state index is 0.153. The fourth-order valence-electron chi connectivity index (χ4n) is 1.98. The fraction of sp³-hybridized carbons (Fsp3) is 0.500. The van der Waals surface area contributed by atoms with Gasteiger partial charge in [-0.1, -0.05) is 0 Å². The second kappa shape index (κ2) is 4.99. The van der Waals surface area contributed by atoms with Crippen LogP contribution in [0.1, 0.15) is 38.8 Å². The molecule has 2 rings (SSSR count). The Morgan fingerprint density at radius 1 is 1.47 bits per heavy atom. The molecule has 0 saturated heterocycles. The van der Waals surface area contributed by atoms with E-state index >= 15 is 0 Å². The number of carbonyl (C=O) groups excluding carboxylic acids is 1. The Morgan fingerprint density at radius 2 is 2.21 bits per heavy atom. The number of benzene rings is 1. The van der Waals surface area contributed by atoms with Crippen LogP contribution in [0.15, 0.2) is 18.2 Å². The average molecular weight is 265 g/mol. The van der Waals surface area contributed by atoms with Crippen LogP contribution < -0.4 is 10.1 Å². The first-order chi connectivity index (χ1) is 8.85. The van der Waals surface area contributed by atoms with E-state index in [1.807, 2.05) is 20.8 Å². The molecular formula is C14H19NO4. The Morgan fingerprint density at radius 3 is 2.89 bits per heavy atom. The van der Waals surface area contributed by atoms with Crippen molar-refractivity contribution >= 4 is 6.09 Å². The van der Waals surface area contributed by atoms with E-state index in [1.54, 1.807) is 18.2 Å². The number of amides is 1. The molecule has 5 nitrogen and oxygen atoms in total. The van der Waals surface area contributed by atoms with Gasteiger partial charge in [0, 0.05) is 12.0 Å². The number of aromatic hydroxyl groups is 1. The number of ether oxygens (including phenoxy) is 2. The van der Waals surface area contributed by atoms with Gasteiger partial charge in [-0.15, -0.1) is 0 Å². The van der Waals surface area contributed by atoms with E-state index in [2.05, 4.69) is 5.32 Å². The number of phenolic OH excluding ortho intramolecular Hbond substituents is 1. The second-order valence-corrected chi connectivity index (χ2v) is 5.56. The third-order valence-electron chi connectivity index (χ3n) is 2.72. The topological polar surface area (TPSA) is 67.8 Å². The largest absolute Gasteiger partial charge is 0.508 e. The molecule has 1 aliphatic heterocycles. The standard InChI is InChI=1S/C14H19NO4/c1-14(2,3)19-13(17)15-11-6-7-18-12-5-4-9(16)8-10(11)12/h4-5,8,11,16H,6-7H2,1-3H3,(H,15,17)/t11-/m0/s1. The van der Waals surface area contributed by atoms with Crippen LogP contribution in [-0.4, -0.2) is 23.4 Å². The van der Waals surface area contributed by atoms with E-state index in [0.29, 0.717) is 18.8 Å². The van der Waals surface area contributed by atoms with Gasteiger partial charge in [-0.3, -0.25) is 0 Å². The molecule has 1 aromatic carbocycles. The molecule has 0 radical (unpaired) electrons. The van der Waals surface area contributed by atoms with Gasteiger partial charge in [0.25, 0.3) is 0 Å². The molecule has 1 amide bonds. The summed E-state index contributed by atoms with van der Waals surface area (Å²) in [5, 5.41) is 12.3. The summed E-state index contributed by atoms with van der Waals surface area (Å²) in [5.74, 6) is 0.838. The van der Waals surface area contributed by atoms with E-state index in [1.165, 1.54) is 0 Å². The molecule has 1 heterocycles.